The topological polar surface area (TPSA) is 117 Å². The third-order valence-electron chi connectivity index (χ3n) is 4.68. The number of anilines is 1. The fraction of sp³-hybridized carbons (Fsp3) is 0.333. The van der Waals surface area contributed by atoms with Crippen LogP contribution < -0.4 is 5.32 Å². The van der Waals surface area contributed by atoms with Crippen LogP contribution in [-0.2, 0) is 6.54 Å². The number of nitrogens with one attached hydrogen (secondary N) is 1. The van der Waals surface area contributed by atoms with Crippen LogP contribution in [0.1, 0.15) is 52.5 Å². The molecule has 1 aromatic carbocycles. The summed E-state index contributed by atoms with van der Waals surface area (Å²) in [6.07, 6.45) is 0.496. The van der Waals surface area contributed by atoms with Crippen LogP contribution >= 0.6 is 0 Å². The van der Waals surface area contributed by atoms with Crippen molar-refractivity contribution >= 4 is 28.5 Å². The van der Waals surface area contributed by atoms with Gasteiger partial charge in [0.05, 0.1) is 22.4 Å². The van der Waals surface area contributed by atoms with E-state index in [1.807, 2.05) is 6.92 Å². The Morgan fingerprint density at radius 3 is 2.55 bits per heavy atom. The fourth-order valence-corrected chi connectivity index (χ4v) is 3.04. The van der Waals surface area contributed by atoms with E-state index in [-0.39, 0.29) is 16.9 Å². The largest absolute Gasteiger partial charge is 0.478 e. The van der Waals surface area contributed by atoms with E-state index in [2.05, 4.69) is 15.4 Å². The van der Waals surface area contributed by atoms with Crippen LogP contribution in [0.25, 0.3) is 10.9 Å². The first-order valence-corrected chi connectivity index (χ1v) is 9.27. The zero-order valence-electron chi connectivity index (χ0n) is 16.9. The van der Waals surface area contributed by atoms with E-state index >= 15 is 0 Å². The molecule has 1 amide bonds. The van der Waals surface area contributed by atoms with Gasteiger partial charge in [-0.25, -0.2) is 9.78 Å². The van der Waals surface area contributed by atoms with Crippen LogP contribution in [0.5, 0.6) is 0 Å². The van der Waals surface area contributed by atoms with E-state index in [1.54, 1.807) is 49.7 Å². The predicted octanol–water partition coefficient (Wildman–Crippen LogP) is 3.16. The number of hydrogen-bond acceptors (Lipinski definition) is 5. The Morgan fingerprint density at radius 1 is 1.21 bits per heavy atom. The normalized spacial score (nSPS) is 11.6. The lowest BCUT2D eigenvalue weighted by atomic mass is 10.1. The lowest BCUT2D eigenvalue weighted by molar-refractivity contribution is 0.0649. The van der Waals surface area contributed by atoms with Crippen LogP contribution in [-0.4, -0.2) is 42.5 Å². The summed E-state index contributed by atoms with van der Waals surface area (Å²) in [4.78, 5) is 28.5. The quantitative estimate of drug-likeness (QED) is 0.589. The average Bonchev–Trinajstić information content (AvgIpc) is 2.94. The molecular formula is C21H24N4O4. The van der Waals surface area contributed by atoms with Crippen LogP contribution in [0.3, 0.4) is 0 Å². The highest BCUT2D eigenvalue weighted by Gasteiger charge is 2.20. The molecule has 152 valence electrons. The van der Waals surface area contributed by atoms with Gasteiger partial charge in [0.1, 0.15) is 5.69 Å². The lowest BCUT2D eigenvalue weighted by Gasteiger charge is -2.17. The first kappa shape index (κ1) is 20.5. The molecule has 3 N–H and O–H groups in total. The van der Waals surface area contributed by atoms with Crippen LogP contribution in [0.15, 0.2) is 30.3 Å². The van der Waals surface area contributed by atoms with Gasteiger partial charge >= 0.3 is 5.97 Å². The highest BCUT2D eigenvalue weighted by Crippen LogP contribution is 2.27. The predicted molar refractivity (Wildman–Crippen MR) is 109 cm³/mol. The van der Waals surface area contributed by atoms with E-state index in [1.165, 1.54) is 6.07 Å². The Balaban J connectivity index is 1.99. The minimum atomic E-state index is -1.16. The van der Waals surface area contributed by atoms with Crippen molar-refractivity contribution in [1.29, 1.82) is 0 Å². The summed E-state index contributed by atoms with van der Waals surface area (Å²) in [7, 11) is 0. The number of carbonyl (C=O) groups is 2. The first-order chi connectivity index (χ1) is 13.5. The van der Waals surface area contributed by atoms with Crippen molar-refractivity contribution in [1.82, 2.24) is 14.8 Å². The van der Waals surface area contributed by atoms with Crippen molar-refractivity contribution < 1.29 is 19.8 Å². The second kappa shape index (κ2) is 7.63. The molecule has 2 aromatic heterocycles. The smallest absolute Gasteiger partial charge is 0.337 e. The van der Waals surface area contributed by atoms with Crippen LogP contribution in [0, 0.1) is 13.8 Å². The van der Waals surface area contributed by atoms with E-state index in [9.17, 15) is 19.8 Å². The number of carbonyl (C=O) groups excluding carboxylic acids is 1. The van der Waals surface area contributed by atoms with E-state index in [4.69, 9.17) is 0 Å². The number of rotatable bonds is 6. The molecule has 0 saturated carbocycles. The summed E-state index contributed by atoms with van der Waals surface area (Å²) in [6, 6.07) is 8.13. The Kier molecular flexibility index (Phi) is 5.39. The maximum absolute atomic E-state index is 12.6. The van der Waals surface area contributed by atoms with Gasteiger partial charge in [-0.1, -0.05) is 6.07 Å². The average molecular weight is 396 g/mol. The Bertz CT molecular complexity index is 1100. The second-order valence-electron chi connectivity index (χ2n) is 7.71. The van der Waals surface area contributed by atoms with Crippen molar-refractivity contribution in [3.63, 3.8) is 0 Å². The van der Waals surface area contributed by atoms with E-state index in [0.29, 0.717) is 24.2 Å². The van der Waals surface area contributed by atoms with Gasteiger partial charge in [-0.3, -0.25) is 9.48 Å². The highest BCUT2D eigenvalue weighted by atomic mass is 16.4. The van der Waals surface area contributed by atoms with Crippen molar-refractivity contribution in [2.75, 3.05) is 5.32 Å². The summed E-state index contributed by atoms with van der Waals surface area (Å²) in [6.45, 7) is 7.58. The number of fused-ring (bicyclic) bond motifs is 1. The lowest BCUT2D eigenvalue weighted by Crippen LogP contribution is -2.21. The van der Waals surface area contributed by atoms with Gasteiger partial charge in [0.15, 0.2) is 0 Å². The van der Waals surface area contributed by atoms with Crippen molar-refractivity contribution in [3.05, 3.63) is 53.0 Å². The minimum Gasteiger partial charge on any atom is -0.478 e. The zero-order valence-corrected chi connectivity index (χ0v) is 16.9. The number of carboxylic acids is 1. The van der Waals surface area contributed by atoms with E-state index < -0.39 is 17.5 Å². The van der Waals surface area contributed by atoms with Crippen molar-refractivity contribution in [3.8, 4) is 0 Å². The molecule has 0 fully saturated rings. The molecule has 8 heteroatoms. The van der Waals surface area contributed by atoms with Gasteiger partial charge in [-0.2, -0.15) is 5.10 Å². The third kappa shape index (κ3) is 4.60. The number of hydrogen-bond donors (Lipinski definition) is 3. The fourth-order valence-electron chi connectivity index (χ4n) is 3.04. The maximum atomic E-state index is 12.6. The first-order valence-electron chi connectivity index (χ1n) is 9.27. The van der Waals surface area contributed by atoms with Gasteiger partial charge in [0.25, 0.3) is 5.91 Å². The summed E-state index contributed by atoms with van der Waals surface area (Å²) < 4.78 is 1.74. The summed E-state index contributed by atoms with van der Waals surface area (Å²) in [5.41, 5.74) is 1.54. The number of aromatic nitrogens is 3. The number of amides is 1. The number of carboxylic acid groups (broad SMARTS) is 1. The molecule has 0 aliphatic heterocycles. The van der Waals surface area contributed by atoms with Crippen LogP contribution in [0.4, 0.5) is 5.69 Å². The molecule has 0 aliphatic rings. The molecule has 0 radical (unpaired) electrons. The molecule has 8 nitrogen and oxygen atoms in total. The highest BCUT2D eigenvalue weighted by molar-refractivity contribution is 6.09. The molecule has 0 bridgehead atoms. The van der Waals surface area contributed by atoms with Crippen molar-refractivity contribution in [2.24, 2.45) is 0 Å². The number of aliphatic hydroxyl groups is 1. The molecule has 3 aromatic rings. The molecule has 0 spiro atoms. The maximum Gasteiger partial charge on any atom is 0.337 e. The van der Waals surface area contributed by atoms with Gasteiger partial charge in [-0.15, -0.1) is 0 Å². The number of aryl methyl sites for hydroxylation is 3. The Hall–Kier alpha value is -3.26. The second-order valence-corrected chi connectivity index (χ2v) is 7.71. The molecule has 0 saturated heterocycles. The number of aromatic carboxylic acids is 1. The molecule has 29 heavy (non-hydrogen) atoms. The summed E-state index contributed by atoms with van der Waals surface area (Å²) in [5.74, 6) is -1.65. The molecule has 2 heterocycles. The van der Waals surface area contributed by atoms with Crippen LogP contribution in [0.2, 0.25) is 0 Å². The van der Waals surface area contributed by atoms with Gasteiger partial charge in [0, 0.05) is 23.3 Å². The monoisotopic (exact) mass is 396 g/mol. The minimum absolute atomic E-state index is 0.0503. The standard InChI is InChI=1S/C21H24N4O4/c1-12-6-5-7-16(22-12)19(26)23-17-10-14-13(2)25(9-8-21(3,4)29)24-18(14)11-15(17)20(27)28/h5-7,10-11,29H,8-9H2,1-4H3,(H,23,26)(H,27,28). The van der Waals surface area contributed by atoms with Gasteiger partial charge < -0.3 is 15.5 Å². The molecule has 0 aliphatic carbocycles. The third-order valence-corrected chi connectivity index (χ3v) is 4.68. The molecule has 0 unspecified atom stereocenters. The van der Waals surface area contributed by atoms with E-state index in [0.717, 1.165) is 11.1 Å². The number of benzene rings is 1. The molecule has 0 atom stereocenters. The summed E-state index contributed by atoms with van der Waals surface area (Å²) >= 11 is 0. The SMILES string of the molecule is Cc1cccc(C(=O)Nc2cc3c(C)n(CCC(C)(C)O)nc3cc2C(=O)O)n1. The van der Waals surface area contributed by atoms with Crippen molar-refractivity contribution in [2.45, 2.75) is 46.3 Å². The zero-order chi connectivity index (χ0) is 21.3. The Morgan fingerprint density at radius 2 is 1.93 bits per heavy atom. The van der Waals surface area contributed by atoms with Gasteiger partial charge in [0.2, 0.25) is 0 Å². The number of nitrogens with zero attached hydrogens (tertiary/aromatic N) is 3. The number of pyridine rings is 1. The molecular weight excluding hydrogens is 372 g/mol. The summed E-state index contributed by atoms with van der Waals surface area (Å²) in [5, 5.41) is 27.4. The van der Waals surface area contributed by atoms with Gasteiger partial charge in [-0.05, 0) is 58.4 Å². The Labute approximate surface area is 168 Å². The molecule has 3 rings (SSSR count).